The molecule has 2 heterocycles. The van der Waals surface area contributed by atoms with Crippen LogP contribution in [0.25, 0.3) is 10.9 Å². The van der Waals surface area contributed by atoms with Crippen LogP contribution in [0, 0.1) is 0 Å². The number of carbonyl (C=O) groups excluding carboxylic acids is 1. The molecule has 0 radical (unpaired) electrons. The van der Waals surface area contributed by atoms with E-state index in [-0.39, 0.29) is 11.9 Å². The van der Waals surface area contributed by atoms with Crippen LogP contribution in [0.5, 0.6) is 0 Å². The van der Waals surface area contributed by atoms with Gasteiger partial charge in [0.2, 0.25) is 15.9 Å². The number of aromatic nitrogens is 1. The number of fused-ring (bicyclic) bond motifs is 1. The maximum absolute atomic E-state index is 13.0. The summed E-state index contributed by atoms with van der Waals surface area (Å²) in [7, 11) is -3.47. The van der Waals surface area contributed by atoms with Gasteiger partial charge in [-0.1, -0.05) is 25.0 Å². The molecule has 174 valence electrons. The molecular weight excluding hydrogens is 422 g/mol. The summed E-state index contributed by atoms with van der Waals surface area (Å²) in [6.07, 6.45) is 13.6. The van der Waals surface area contributed by atoms with E-state index in [1.165, 1.54) is 18.4 Å². The van der Waals surface area contributed by atoms with E-state index in [1.54, 1.807) is 16.4 Å². The molecule has 7 heteroatoms. The fourth-order valence-corrected chi connectivity index (χ4v) is 6.49. The average molecular weight is 458 g/mol. The van der Waals surface area contributed by atoms with Crippen molar-refractivity contribution in [3.63, 3.8) is 0 Å². The van der Waals surface area contributed by atoms with Crippen molar-refractivity contribution >= 4 is 26.8 Å². The van der Waals surface area contributed by atoms with E-state index in [0.29, 0.717) is 31.0 Å². The molecule has 0 unspecified atom stereocenters. The molecule has 1 N–H and O–H groups in total. The van der Waals surface area contributed by atoms with Crippen LogP contribution < -0.4 is 5.32 Å². The number of amides is 1. The highest BCUT2D eigenvalue weighted by molar-refractivity contribution is 7.89. The Labute approximate surface area is 191 Å². The summed E-state index contributed by atoms with van der Waals surface area (Å²) >= 11 is 0. The van der Waals surface area contributed by atoms with Crippen LogP contribution in [0.3, 0.4) is 0 Å². The summed E-state index contributed by atoms with van der Waals surface area (Å²) in [4.78, 5) is 13.3. The van der Waals surface area contributed by atoms with Crippen molar-refractivity contribution in [2.24, 2.45) is 0 Å². The number of hydrogen-bond donors (Lipinski definition) is 1. The number of carbonyl (C=O) groups is 1. The average Bonchev–Trinajstić information content (AvgIpc) is 3.24. The first-order chi connectivity index (χ1) is 15.5. The Morgan fingerprint density at radius 3 is 2.62 bits per heavy atom. The standard InChI is InChI=1S/C25H35N3O3S/c1-2-23(25(29)26-15-13-20-9-5-3-6-10-20)28-18-14-21-19-22(11-12-24(21)28)32(30,31)27-16-7-4-8-17-27/h9,11-12,14,18-19,23H,2-8,10,13,15-17H2,1H3,(H,26,29)/t23-/m1/s1. The predicted octanol–water partition coefficient (Wildman–Crippen LogP) is 4.77. The summed E-state index contributed by atoms with van der Waals surface area (Å²) in [5, 5.41) is 3.96. The molecule has 6 nitrogen and oxygen atoms in total. The number of nitrogens with one attached hydrogen (secondary N) is 1. The molecule has 1 aliphatic heterocycles. The van der Waals surface area contributed by atoms with Gasteiger partial charge in [-0.15, -0.1) is 0 Å². The Morgan fingerprint density at radius 1 is 1.09 bits per heavy atom. The monoisotopic (exact) mass is 457 g/mol. The molecule has 0 bridgehead atoms. The number of allylic oxidation sites excluding steroid dienone is 1. The molecule has 1 atom stereocenters. The number of piperidine rings is 1. The lowest BCUT2D eigenvalue weighted by molar-refractivity contribution is -0.124. The summed E-state index contributed by atoms with van der Waals surface area (Å²) in [6.45, 7) is 3.86. The van der Waals surface area contributed by atoms with Crippen molar-refractivity contribution in [1.29, 1.82) is 0 Å². The second-order valence-corrected chi connectivity index (χ2v) is 10.9. The predicted molar refractivity (Wildman–Crippen MR) is 128 cm³/mol. The van der Waals surface area contributed by atoms with Gasteiger partial charge in [-0.05, 0) is 75.6 Å². The largest absolute Gasteiger partial charge is 0.354 e. The normalized spacial score (nSPS) is 19.0. The third-order valence-electron chi connectivity index (χ3n) is 6.80. The minimum Gasteiger partial charge on any atom is -0.354 e. The van der Waals surface area contributed by atoms with Crippen LogP contribution in [-0.4, -0.2) is 42.8 Å². The van der Waals surface area contributed by atoms with Crippen molar-refractivity contribution in [2.45, 2.75) is 75.6 Å². The number of nitrogens with zero attached hydrogens (tertiary/aromatic N) is 2. The lowest BCUT2D eigenvalue weighted by Crippen LogP contribution is -2.35. The van der Waals surface area contributed by atoms with Gasteiger partial charge in [-0.2, -0.15) is 4.31 Å². The molecule has 4 rings (SSSR count). The molecule has 2 aromatic rings. The first-order valence-corrected chi connectivity index (χ1v) is 13.5. The molecule has 2 aliphatic rings. The quantitative estimate of drug-likeness (QED) is 0.580. The molecule has 0 saturated carbocycles. The van der Waals surface area contributed by atoms with Crippen LogP contribution in [0.2, 0.25) is 0 Å². The maximum atomic E-state index is 13.0. The van der Waals surface area contributed by atoms with Gasteiger partial charge in [-0.3, -0.25) is 4.79 Å². The summed E-state index contributed by atoms with van der Waals surface area (Å²) < 4.78 is 29.6. The molecule has 0 spiro atoms. The van der Waals surface area contributed by atoms with Gasteiger partial charge in [0, 0.05) is 36.7 Å². The summed E-state index contributed by atoms with van der Waals surface area (Å²) in [5.41, 5.74) is 2.35. The lowest BCUT2D eigenvalue weighted by atomic mass is 9.97. The first kappa shape index (κ1) is 23.1. The highest BCUT2D eigenvalue weighted by Crippen LogP contribution is 2.28. The van der Waals surface area contributed by atoms with Crippen LogP contribution in [0.1, 0.15) is 70.8 Å². The zero-order chi connectivity index (χ0) is 22.6. The van der Waals surface area contributed by atoms with Crippen LogP contribution in [0.15, 0.2) is 47.0 Å². The Morgan fingerprint density at radius 2 is 1.91 bits per heavy atom. The third-order valence-corrected chi connectivity index (χ3v) is 8.69. The van der Waals surface area contributed by atoms with Crippen molar-refractivity contribution in [3.05, 3.63) is 42.1 Å². The molecule has 1 aliphatic carbocycles. The van der Waals surface area contributed by atoms with E-state index in [1.807, 2.05) is 29.8 Å². The Bertz CT molecular complexity index is 1080. The van der Waals surface area contributed by atoms with E-state index in [9.17, 15) is 13.2 Å². The van der Waals surface area contributed by atoms with Crippen LogP contribution >= 0.6 is 0 Å². The second-order valence-electron chi connectivity index (χ2n) is 8.98. The molecule has 32 heavy (non-hydrogen) atoms. The molecule has 1 fully saturated rings. The number of hydrogen-bond acceptors (Lipinski definition) is 3. The topological polar surface area (TPSA) is 71.4 Å². The van der Waals surface area contributed by atoms with Crippen molar-refractivity contribution < 1.29 is 13.2 Å². The van der Waals surface area contributed by atoms with Crippen molar-refractivity contribution in [1.82, 2.24) is 14.2 Å². The maximum Gasteiger partial charge on any atom is 0.243 e. The molecule has 1 aromatic heterocycles. The van der Waals surface area contributed by atoms with Gasteiger partial charge < -0.3 is 9.88 Å². The highest BCUT2D eigenvalue weighted by Gasteiger charge is 2.27. The Hall–Kier alpha value is -2.12. The summed E-state index contributed by atoms with van der Waals surface area (Å²) in [6, 6.07) is 6.87. The van der Waals surface area contributed by atoms with Gasteiger partial charge in [0.1, 0.15) is 6.04 Å². The zero-order valence-electron chi connectivity index (χ0n) is 19.1. The Kier molecular flexibility index (Phi) is 7.36. The van der Waals surface area contributed by atoms with Gasteiger partial charge in [0.25, 0.3) is 0 Å². The third kappa shape index (κ3) is 4.94. The van der Waals surface area contributed by atoms with Crippen LogP contribution in [0.4, 0.5) is 0 Å². The van der Waals surface area contributed by atoms with Crippen molar-refractivity contribution in [3.8, 4) is 0 Å². The minimum atomic E-state index is -3.47. The van der Waals surface area contributed by atoms with Gasteiger partial charge in [0.05, 0.1) is 4.90 Å². The number of sulfonamides is 1. The molecular formula is C25H35N3O3S. The second kappa shape index (κ2) is 10.2. The molecule has 1 amide bonds. The molecule has 1 aromatic carbocycles. The van der Waals surface area contributed by atoms with E-state index >= 15 is 0 Å². The van der Waals surface area contributed by atoms with E-state index in [4.69, 9.17) is 0 Å². The van der Waals surface area contributed by atoms with E-state index < -0.39 is 10.0 Å². The molecule has 1 saturated heterocycles. The highest BCUT2D eigenvalue weighted by atomic mass is 32.2. The smallest absolute Gasteiger partial charge is 0.243 e. The lowest BCUT2D eigenvalue weighted by Gasteiger charge is -2.26. The minimum absolute atomic E-state index is 0.0198. The summed E-state index contributed by atoms with van der Waals surface area (Å²) in [5.74, 6) is 0.0198. The van der Waals surface area contributed by atoms with Crippen LogP contribution in [-0.2, 0) is 14.8 Å². The van der Waals surface area contributed by atoms with Crippen molar-refractivity contribution in [2.75, 3.05) is 19.6 Å². The van der Waals surface area contributed by atoms with E-state index in [0.717, 1.165) is 49.4 Å². The fraction of sp³-hybridized carbons (Fsp3) is 0.560. The number of benzene rings is 1. The zero-order valence-corrected chi connectivity index (χ0v) is 19.9. The SMILES string of the molecule is CC[C@H](C(=O)NCCC1=CCCCC1)n1ccc2cc(S(=O)(=O)N3CCCCC3)ccc21. The number of rotatable bonds is 8. The van der Waals surface area contributed by atoms with E-state index in [2.05, 4.69) is 11.4 Å². The van der Waals surface area contributed by atoms with Gasteiger partial charge >= 0.3 is 0 Å². The van der Waals surface area contributed by atoms with Gasteiger partial charge in [0.15, 0.2) is 0 Å². The Balaban J connectivity index is 1.48. The van der Waals surface area contributed by atoms with Gasteiger partial charge in [-0.25, -0.2) is 8.42 Å². The fourth-order valence-electron chi connectivity index (χ4n) is 4.93. The first-order valence-electron chi connectivity index (χ1n) is 12.1.